The van der Waals surface area contributed by atoms with E-state index in [1.165, 1.54) is 6.07 Å². The number of halogens is 1. The fourth-order valence-corrected chi connectivity index (χ4v) is 4.57. The van der Waals surface area contributed by atoms with Crippen molar-refractivity contribution in [3.8, 4) is 0 Å². The summed E-state index contributed by atoms with van der Waals surface area (Å²) < 4.78 is 24.9. The lowest BCUT2D eigenvalue weighted by atomic mass is 9.75. The summed E-state index contributed by atoms with van der Waals surface area (Å²) in [7, 11) is 0. The Morgan fingerprint density at radius 2 is 1.55 bits per heavy atom. The average Bonchev–Trinajstić information content (AvgIpc) is 2.69. The molecule has 1 fully saturated rings. The van der Waals surface area contributed by atoms with Crippen LogP contribution in [0.4, 0.5) is 4.39 Å². The van der Waals surface area contributed by atoms with Crippen LogP contribution < -0.4 is 0 Å². The van der Waals surface area contributed by atoms with Gasteiger partial charge in [0, 0.05) is 11.6 Å². The number of pyridine rings is 1. The average molecular weight is 458 g/mol. The summed E-state index contributed by atoms with van der Waals surface area (Å²) in [5.41, 5.74) is 0.569. The Bertz CT molecular complexity index is 969. The number of carbonyl (C=O) groups excluding carboxylic acids is 2. The second-order valence-electron chi connectivity index (χ2n) is 11.1. The van der Waals surface area contributed by atoms with Crippen LogP contribution in [0.5, 0.6) is 0 Å². The van der Waals surface area contributed by atoms with E-state index in [4.69, 9.17) is 9.47 Å². The smallest absolute Gasteiger partial charge is 0.320 e. The molecular weight excluding hydrogens is 421 g/mol. The summed E-state index contributed by atoms with van der Waals surface area (Å²) in [4.78, 5) is 30.1. The van der Waals surface area contributed by atoms with Gasteiger partial charge < -0.3 is 9.47 Å². The Balaban J connectivity index is 1.71. The number of nitrogens with zero attached hydrogens (tertiary/aromatic N) is 1. The lowest BCUT2D eigenvalue weighted by molar-refractivity contribution is -0.175. The molecule has 1 aliphatic carbocycles. The van der Waals surface area contributed by atoms with Crippen LogP contribution in [0.25, 0.3) is 10.9 Å². The minimum Gasteiger partial charge on any atom is -0.459 e. The predicted molar refractivity (Wildman–Crippen MR) is 126 cm³/mol. The molecular formula is C27H36FNO4. The first-order chi connectivity index (χ1) is 15.3. The number of benzene rings is 1. The van der Waals surface area contributed by atoms with E-state index < -0.39 is 29.1 Å². The van der Waals surface area contributed by atoms with Gasteiger partial charge in [-0.25, -0.2) is 4.39 Å². The van der Waals surface area contributed by atoms with Crippen molar-refractivity contribution in [3.05, 3.63) is 41.8 Å². The van der Waals surface area contributed by atoms with Crippen molar-refractivity contribution >= 4 is 22.8 Å². The fourth-order valence-electron chi connectivity index (χ4n) is 4.57. The van der Waals surface area contributed by atoms with Gasteiger partial charge in [-0.3, -0.25) is 14.6 Å². The molecule has 1 heterocycles. The van der Waals surface area contributed by atoms with E-state index in [0.717, 1.165) is 42.1 Å². The molecule has 1 aromatic heterocycles. The van der Waals surface area contributed by atoms with Crippen molar-refractivity contribution in [1.82, 2.24) is 4.98 Å². The molecule has 180 valence electrons. The number of rotatable bonds is 5. The van der Waals surface area contributed by atoms with Gasteiger partial charge in [-0.2, -0.15) is 0 Å². The molecule has 1 aliphatic rings. The summed E-state index contributed by atoms with van der Waals surface area (Å²) in [6, 6.07) is 6.69. The van der Waals surface area contributed by atoms with E-state index in [1.807, 2.05) is 6.07 Å². The number of ether oxygens (including phenoxy) is 2. The zero-order valence-electron chi connectivity index (χ0n) is 20.6. The summed E-state index contributed by atoms with van der Waals surface area (Å²) >= 11 is 0. The lowest BCUT2D eigenvalue weighted by Gasteiger charge is -2.32. The topological polar surface area (TPSA) is 65.5 Å². The maximum Gasteiger partial charge on any atom is 0.320 e. The van der Waals surface area contributed by atoms with Gasteiger partial charge in [0.2, 0.25) is 0 Å². The highest BCUT2D eigenvalue weighted by atomic mass is 19.1. The molecule has 0 aliphatic heterocycles. The standard InChI is InChI=1S/C27H36FNO4/c1-26(2,3)32-24(30)22(25(31)33-27(4,5)6)15-17-7-9-18(10-8-17)20-13-14-29-23-12-11-19(28)16-21(20)23/h11-14,16-18,22H,7-10,15H2,1-6H3. The zero-order chi connectivity index (χ0) is 24.4. The quantitative estimate of drug-likeness (QED) is 0.387. The first-order valence-corrected chi connectivity index (χ1v) is 11.8. The van der Waals surface area contributed by atoms with E-state index in [-0.39, 0.29) is 11.7 Å². The summed E-state index contributed by atoms with van der Waals surface area (Å²) in [6.45, 7) is 10.8. The third-order valence-electron chi connectivity index (χ3n) is 5.98. The molecule has 33 heavy (non-hydrogen) atoms. The van der Waals surface area contributed by atoms with Crippen molar-refractivity contribution < 1.29 is 23.5 Å². The number of hydrogen-bond donors (Lipinski definition) is 0. The van der Waals surface area contributed by atoms with Crippen molar-refractivity contribution in [2.75, 3.05) is 0 Å². The van der Waals surface area contributed by atoms with Crippen LogP contribution in [0.1, 0.15) is 85.1 Å². The third kappa shape index (κ3) is 6.99. The van der Waals surface area contributed by atoms with Crippen LogP contribution in [0.3, 0.4) is 0 Å². The van der Waals surface area contributed by atoms with Crippen molar-refractivity contribution in [3.63, 3.8) is 0 Å². The first kappa shape index (κ1) is 25.1. The van der Waals surface area contributed by atoms with E-state index in [0.29, 0.717) is 12.3 Å². The molecule has 3 rings (SSSR count). The van der Waals surface area contributed by atoms with Gasteiger partial charge in [-0.1, -0.05) is 0 Å². The van der Waals surface area contributed by atoms with Crippen LogP contribution in [0.15, 0.2) is 30.5 Å². The summed E-state index contributed by atoms with van der Waals surface area (Å²) in [5, 5.41) is 0.862. The van der Waals surface area contributed by atoms with Crippen molar-refractivity contribution in [2.24, 2.45) is 11.8 Å². The Labute approximate surface area is 196 Å². The van der Waals surface area contributed by atoms with Crippen LogP contribution in [0, 0.1) is 17.7 Å². The first-order valence-electron chi connectivity index (χ1n) is 11.8. The molecule has 0 amide bonds. The Morgan fingerprint density at radius 3 is 2.09 bits per heavy atom. The van der Waals surface area contributed by atoms with Gasteiger partial charge in [0.05, 0.1) is 5.52 Å². The molecule has 0 bridgehead atoms. The molecule has 0 spiro atoms. The van der Waals surface area contributed by atoms with Gasteiger partial charge in [-0.15, -0.1) is 0 Å². The molecule has 0 atom stereocenters. The molecule has 1 saturated carbocycles. The van der Waals surface area contributed by atoms with E-state index in [9.17, 15) is 14.0 Å². The maximum absolute atomic E-state index is 13.9. The summed E-state index contributed by atoms with van der Waals surface area (Å²) in [6.07, 6.45) is 5.79. The number of esters is 2. The van der Waals surface area contributed by atoms with Gasteiger partial charge in [0.1, 0.15) is 17.0 Å². The van der Waals surface area contributed by atoms with E-state index in [2.05, 4.69) is 4.98 Å². The Hall–Kier alpha value is -2.50. The molecule has 0 N–H and O–H groups in total. The predicted octanol–water partition coefficient (Wildman–Crippen LogP) is 6.34. The van der Waals surface area contributed by atoms with E-state index >= 15 is 0 Å². The molecule has 0 unspecified atom stereocenters. The molecule has 5 nitrogen and oxygen atoms in total. The number of carbonyl (C=O) groups is 2. The van der Waals surface area contributed by atoms with Crippen LogP contribution in [0.2, 0.25) is 0 Å². The second kappa shape index (κ2) is 9.78. The fraction of sp³-hybridized carbons (Fsp3) is 0.593. The molecule has 2 aromatic rings. The highest BCUT2D eigenvalue weighted by Gasteiger charge is 2.37. The number of aromatic nitrogens is 1. The lowest BCUT2D eigenvalue weighted by Crippen LogP contribution is -2.38. The molecule has 6 heteroatoms. The highest BCUT2D eigenvalue weighted by Crippen LogP contribution is 2.40. The number of fused-ring (bicyclic) bond motifs is 1. The largest absolute Gasteiger partial charge is 0.459 e. The SMILES string of the molecule is CC(C)(C)OC(=O)C(CC1CCC(c2ccnc3ccc(F)cc23)CC1)C(=O)OC(C)(C)C. The van der Waals surface area contributed by atoms with Gasteiger partial charge in [0.15, 0.2) is 5.92 Å². The monoisotopic (exact) mass is 457 g/mol. The van der Waals surface area contributed by atoms with Gasteiger partial charge in [-0.05, 0) is 115 Å². The molecule has 0 radical (unpaired) electrons. The van der Waals surface area contributed by atoms with Crippen molar-refractivity contribution in [1.29, 1.82) is 0 Å². The maximum atomic E-state index is 13.9. The van der Waals surface area contributed by atoms with Crippen LogP contribution >= 0.6 is 0 Å². The molecule has 1 aromatic carbocycles. The second-order valence-corrected chi connectivity index (χ2v) is 11.1. The zero-order valence-corrected chi connectivity index (χ0v) is 20.6. The minimum atomic E-state index is -0.930. The number of hydrogen-bond acceptors (Lipinski definition) is 5. The van der Waals surface area contributed by atoms with Crippen LogP contribution in [-0.4, -0.2) is 28.1 Å². The third-order valence-corrected chi connectivity index (χ3v) is 5.98. The van der Waals surface area contributed by atoms with Crippen LogP contribution in [-0.2, 0) is 19.1 Å². The Morgan fingerprint density at radius 1 is 0.970 bits per heavy atom. The molecule has 0 saturated heterocycles. The highest BCUT2D eigenvalue weighted by molar-refractivity contribution is 5.95. The van der Waals surface area contributed by atoms with Crippen molar-refractivity contribution in [2.45, 2.75) is 90.8 Å². The minimum absolute atomic E-state index is 0.219. The van der Waals surface area contributed by atoms with E-state index in [1.54, 1.807) is 59.9 Å². The van der Waals surface area contributed by atoms with Gasteiger partial charge >= 0.3 is 11.9 Å². The Kier molecular flexibility index (Phi) is 7.45. The normalized spacial score (nSPS) is 19.5. The summed E-state index contributed by atoms with van der Waals surface area (Å²) in [5.74, 6) is -1.71. The van der Waals surface area contributed by atoms with Gasteiger partial charge in [0.25, 0.3) is 0 Å².